The lowest BCUT2D eigenvalue weighted by atomic mass is 10.3. The molecule has 0 atom stereocenters. The summed E-state index contributed by atoms with van der Waals surface area (Å²) < 4.78 is 5.14. The van der Waals surface area contributed by atoms with Crippen molar-refractivity contribution in [3.05, 3.63) is 0 Å². The molecule has 0 aromatic carbocycles. The van der Waals surface area contributed by atoms with E-state index in [1.165, 1.54) is 38.8 Å². The zero-order valence-electron chi connectivity index (χ0n) is 10.3. The van der Waals surface area contributed by atoms with E-state index in [-0.39, 0.29) is 0 Å². The predicted octanol–water partition coefficient (Wildman–Crippen LogP) is 1.49. The molecule has 0 amide bonds. The number of unbranched alkanes of at least 4 members (excludes halogenated alkanes) is 1. The van der Waals surface area contributed by atoms with Crippen molar-refractivity contribution in [3.63, 3.8) is 0 Å². The van der Waals surface area contributed by atoms with Crippen LogP contribution < -0.4 is 5.32 Å². The quantitative estimate of drug-likeness (QED) is 0.558. The van der Waals surface area contributed by atoms with Crippen LogP contribution in [0.15, 0.2) is 0 Å². The molecule has 0 radical (unpaired) electrons. The fourth-order valence-corrected chi connectivity index (χ4v) is 1.87. The van der Waals surface area contributed by atoms with E-state index in [4.69, 9.17) is 4.74 Å². The van der Waals surface area contributed by atoms with Gasteiger partial charge in [-0.3, -0.25) is 4.90 Å². The molecule has 0 bridgehead atoms. The minimum atomic E-state index is 0.874. The molecular formula is C12H26N2O. The van der Waals surface area contributed by atoms with Crippen LogP contribution in [0.3, 0.4) is 0 Å². The third-order valence-electron chi connectivity index (χ3n) is 2.94. The highest BCUT2D eigenvalue weighted by molar-refractivity contribution is 4.84. The Hall–Kier alpha value is -0.120. The molecule has 1 aliphatic rings. The number of rotatable bonds is 10. The standard InChI is InChI=1S/C12H26N2O/c1-3-13-8-4-5-9-14(10-11-15-2)12-6-7-12/h12-13H,3-11H2,1-2H3. The van der Waals surface area contributed by atoms with Crippen LogP contribution in [0.25, 0.3) is 0 Å². The van der Waals surface area contributed by atoms with Gasteiger partial charge >= 0.3 is 0 Å². The molecule has 3 heteroatoms. The molecule has 1 rings (SSSR count). The molecule has 0 saturated heterocycles. The zero-order valence-corrected chi connectivity index (χ0v) is 10.3. The maximum atomic E-state index is 5.14. The van der Waals surface area contributed by atoms with Gasteiger partial charge < -0.3 is 10.1 Å². The van der Waals surface area contributed by atoms with Gasteiger partial charge in [0.15, 0.2) is 0 Å². The Morgan fingerprint density at radius 1 is 1.27 bits per heavy atom. The molecule has 1 N–H and O–H groups in total. The summed E-state index contributed by atoms with van der Waals surface area (Å²) in [5.74, 6) is 0. The monoisotopic (exact) mass is 214 g/mol. The molecule has 0 aromatic heterocycles. The van der Waals surface area contributed by atoms with Gasteiger partial charge in [0, 0.05) is 19.7 Å². The Labute approximate surface area is 94.2 Å². The first-order chi connectivity index (χ1) is 7.38. The minimum Gasteiger partial charge on any atom is -0.383 e. The summed E-state index contributed by atoms with van der Waals surface area (Å²) in [5.41, 5.74) is 0. The average Bonchev–Trinajstić information content (AvgIpc) is 3.06. The lowest BCUT2D eigenvalue weighted by Crippen LogP contribution is -2.31. The first kappa shape index (κ1) is 12.9. The molecule has 0 heterocycles. The molecule has 3 nitrogen and oxygen atoms in total. The van der Waals surface area contributed by atoms with Crippen molar-refractivity contribution in [2.45, 2.75) is 38.6 Å². The van der Waals surface area contributed by atoms with Crippen molar-refractivity contribution in [3.8, 4) is 0 Å². The van der Waals surface area contributed by atoms with Crippen LogP contribution in [-0.2, 0) is 4.74 Å². The highest BCUT2D eigenvalue weighted by Crippen LogP contribution is 2.26. The molecule has 15 heavy (non-hydrogen) atoms. The van der Waals surface area contributed by atoms with Crippen LogP contribution in [0.1, 0.15) is 32.6 Å². The van der Waals surface area contributed by atoms with Crippen molar-refractivity contribution in [2.75, 3.05) is 39.9 Å². The van der Waals surface area contributed by atoms with Gasteiger partial charge in [0.05, 0.1) is 6.61 Å². The molecule has 0 unspecified atom stereocenters. The smallest absolute Gasteiger partial charge is 0.0589 e. The van der Waals surface area contributed by atoms with Gasteiger partial charge in [-0.15, -0.1) is 0 Å². The lowest BCUT2D eigenvalue weighted by molar-refractivity contribution is 0.142. The van der Waals surface area contributed by atoms with E-state index in [1.807, 2.05) is 0 Å². The molecular weight excluding hydrogens is 188 g/mol. The molecule has 1 aliphatic carbocycles. The van der Waals surface area contributed by atoms with Crippen molar-refractivity contribution >= 4 is 0 Å². The number of nitrogens with one attached hydrogen (secondary N) is 1. The Bertz CT molecular complexity index is 149. The van der Waals surface area contributed by atoms with E-state index in [9.17, 15) is 0 Å². The topological polar surface area (TPSA) is 24.5 Å². The van der Waals surface area contributed by atoms with Gasteiger partial charge in [-0.1, -0.05) is 6.92 Å². The van der Waals surface area contributed by atoms with Gasteiger partial charge in [-0.05, 0) is 45.3 Å². The fraction of sp³-hybridized carbons (Fsp3) is 1.00. The van der Waals surface area contributed by atoms with E-state index < -0.39 is 0 Å². The van der Waals surface area contributed by atoms with Crippen molar-refractivity contribution in [1.82, 2.24) is 10.2 Å². The highest BCUT2D eigenvalue weighted by Gasteiger charge is 2.27. The molecule has 90 valence electrons. The maximum absolute atomic E-state index is 5.14. The fourth-order valence-electron chi connectivity index (χ4n) is 1.87. The van der Waals surface area contributed by atoms with Gasteiger partial charge in [0.2, 0.25) is 0 Å². The number of hydrogen-bond donors (Lipinski definition) is 1. The summed E-state index contributed by atoms with van der Waals surface area (Å²) in [6.07, 6.45) is 5.41. The largest absolute Gasteiger partial charge is 0.383 e. The van der Waals surface area contributed by atoms with Crippen LogP contribution in [-0.4, -0.2) is 50.8 Å². The number of nitrogens with zero attached hydrogens (tertiary/aromatic N) is 1. The summed E-state index contributed by atoms with van der Waals surface area (Å²) in [6.45, 7) is 7.66. The summed E-state index contributed by atoms with van der Waals surface area (Å²) >= 11 is 0. The van der Waals surface area contributed by atoms with Crippen molar-refractivity contribution < 1.29 is 4.74 Å². The molecule has 0 aliphatic heterocycles. The SMILES string of the molecule is CCNCCCCN(CCOC)C1CC1. The number of hydrogen-bond acceptors (Lipinski definition) is 3. The third-order valence-corrected chi connectivity index (χ3v) is 2.94. The summed E-state index contributed by atoms with van der Waals surface area (Å²) in [6, 6.07) is 0.874. The van der Waals surface area contributed by atoms with Gasteiger partial charge in [0.25, 0.3) is 0 Å². The lowest BCUT2D eigenvalue weighted by Gasteiger charge is -2.21. The third kappa shape index (κ3) is 6.13. The van der Waals surface area contributed by atoms with Crippen molar-refractivity contribution in [1.29, 1.82) is 0 Å². The Kier molecular flexibility index (Phi) is 6.98. The predicted molar refractivity (Wildman–Crippen MR) is 64.2 cm³/mol. The molecule has 0 spiro atoms. The van der Waals surface area contributed by atoms with E-state index >= 15 is 0 Å². The second kappa shape index (κ2) is 8.08. The van der Waals surface area contributed by atoms with E-state index in [2.05, 4.69) is 17.1 Å². The molecule has 1 saturated carbocycles. The summed E-state index contributed by atoms with van der Waals surface area (Å²) in [5, 5.41) is 3.37. The second-order valence-corrected chi connectivity index (χ2v) is 4.32. The number of ether oxygens (including phenoxy) is 1. The van der Waals surface area contributed by atoms with Crippen LogP contribution in [0, 0.1) is 0 Å². The number of methoxy groups -OCH3 is 1. The van der Waals surface area contributed by atoms with Crippen LogP contribution in [0.4, 0.5) is 0 Å². The first-order valence-corrected chi connectivity index (χ1v) is 6.32. The second-order valence-electron chi connectivity index (χ2n) is 4.32. The van der Waals surface area contributed by atoms with Crippen molar-refractivity contribution in [2.24, 2.45) is 0 Å². The van der Waals surface area contributed by atoms with Crippen LogP contribution in [0.5, 0.6) is 0 Å². The van der Waals surface area contributed by atoms with Crippen LogP contribution in [0.2, 0.25) is 0 Å². The Morgan fingerprint density at radius 2 is 2.07 bits per heavy atom. The van der Waals surface area contributed by atoms with Gasteiger partial charge in [0.1, 0.15) is 0 Å². The molecule has 0 aromatic rings. The summed E-state index contributed by atoms with van der Waals surface area (Å²) in [7, 11) is 1.79. The van der Waals surface area contributed by atoms with Crippen LogP contribution >= 0.6 is 0 Å². The average molecular weight is 214 g/mol. The maximum Gasteiger partial charge on any atom is 0.0589 e. The summed E-state index contributed by atoms with van der Waals surface area (Å²) in [4.78, 5) is 2.59. The minimum absolute atomic E-state index is 0.874. The van der Waals surface area contributed by atoms with E-state index in [1.54, 1.807) is 7.11 Å². The Balaban J connectivity index is 1.98. The van der Waals surface area contributed by atoms with E-state index in [0.29, 0.717) is 0 Å². The molecule has 1 fully saturated rings. The normalized spacial score (nSPS) is 16.2. The van der Waals surface area contributed by atoms with Gasteiger partial charge in [-0.25, -0.2) is 0 Å². The van der Waals surface area contributed by atoms with Gasteiger partial charge in [-0.2, -0.15) is 0 Å². The zero-order chi connectivity index (χ0) is 10.9. The highest BCUT2D eigenvalue weighted by atomic mass is 16.5. The van der Waals surface area contributed by atoms with E-state index in [0.717, 1.165) is 25.7 Å². The Morgan fingerprint density at radius 3 is 2.67 bits per heavy atom. The first-order valence-electron chi connectivity index (χ1n) is 6.32.